The fourth-order valence-electron chi connectivity index (χ4n) is 8.45. The molecule has 5 aromatic carbocycles. The van der Waals surface area contributed by atoms with Crippen LogP contribution in [-0.4, -0.2) is 19.1 Å². The molecular formula is C44H40N4. The first kappa shape index (κ1) is 29.0. The number of imidazole rings is 2. The van der Waals surface area contributed by atoms with Gasteiger partial charge in [0.1, 0.15) is 11.6 Å². The molecule has 0 radical (unpaired) electrons. The second-order valence-electron chi connectivity index (χ2n) is 14.2. The first-order valence-corrected chi connectivity index (χ1v) is 17.2. The van der Waals surface area contributed by atoms with E-state index in [2.05, 4.69) is 154 Å². The number of hydrogen-bond acceptors (Lipinski definition) is 2. The summed E-state index contributed by atoms with van der Waals surface area (Å²) in [5.74, 6) is 3.23. The number of allylic oxidation sites excluding steroid dienone is 6. The van der Waals surface area contributed by atoms with Gasteiger partial charge in [-0.05, 0) is 123 Å². The van der Waals surface area contributed by atoms with E-state index in [-0.39, 0.29) is 5.92 Å². The Kier molecular flexibility index (Phi) is 6.42. The minimum atomic E-state index is 0.259. The lowest BCUT2D eigenvalue weighted by Gasteiger charge is -2.34. The molecule has 9 rings (SSSR count). The van der Waals surface area contributed by atoms with Crippen molar-refractivity contribution in [2.75, 3.05) is 0 Å². The molecule has 0 aliphatic heterocycles. The molecule has 2 aliphatic rings. The van der Waals surface area contributed by atoms with E-state index in [0.29, 0.717) is 11.8 Å². The maximum Gasteiger partial charge on any atom is 0.106 e. The van der Waals surface area contributed by atoms with Gasteiger partial charge in [-0.1, -0.05) is 86.7 Å². The number of benzene rings is 5. The molecule has 0 spiro atoms. The van der Waals surface area contributed by atoms with Crippen LogP contribution in [0.5, 0.6) is 0 Å². The van der Waals surface area contributed by atoms with Crippen molar-refractivity contribution in [2.24, 2.45) is 25.9 Å². The van der Waals surface area contributed by atoms with Crippen molar-refractivity contribution in [1.82, 2.24) is 19.1 Å². The molecule has 0 N–H and O–H groups in total. The molecule has 2 aliphatic carbocycles. The first-order chi connectivity index (χ1) is 23.3. The van der Waals surface area contributed by atoms with E-state index in [1.807, 2.05) is 0 Å². The van der Waals surface area contributed by atoms with E-state index < -0.39 is 0 Å². The summed E-state index contributed by atoms with van der Waals surface area (Å²) in [6.07, 6.45) is 10.8. The summed E-state index contributed by atoms with van der Waals surface area (Å²) in [7, 11) is 4.22. The Morgan fingerprint density at radius 2 is 1.19 bits per heavy atom. The Hall–Kier alpha value is -5.22. The Morgan fingerprint density at radius 3 is 1.75 bits per heavy atom. The highest BCUT2D eigenvalue weighted by Gasteiger charge is 2.31. The van der Waals surface area contributed by atoms with Gasteiger partial charge >= 0.3 is 0 Å². The number of aromatic nitrogens is 4. The molecule has 4 nitrogen and oxygen atoms in total. The van der Waals surface area contributed by atoms with E-state index in [1.54, 1.807) is 0 Å². The average Bonchev–Trinajstić information content (AvgIpc) is 3.55. The number of hydrogen-bond donors (Lipinski definition) is 0. The topological polar surface area (TPSA) is 35.6 Å². The SMILES string of the molecule is Cc1nc2ccc(-c3cccc4c(C5C6=C(C=CC5C)CC(C)C=C6)c5cccc(-c6ccc7nc(C)n(C)c7c6)c5cc34)cc2n1C. The molecule has 2 heterocycles. The monoisotopic (exact) mass is 624 g/mol. The van der Waals surface area contributed by atoms with Crippen LogP contribution in [0.3, 0.4) is 0 Å². The van der Waals surface area contributed by atoms with Crippen LogP contribution in [0.1, 0.15) is 43.4 Å². The van der Waals surface area contributed by atoms with Crippen LogP contribution < -0.4 is 0 Å². The Balaban J connectivity index is 1.38. The van der Waals surface area contributed by atoms with Gasteiger partial charge in [-0.2, -0.15) is 0 Å². The van der Waals surface area contributed by atoms with Gasteiger partial charge in [0.05, 0.1) is 22.1 Å². The molecule has 2 aromatic heterocycles. The van der Waals surface area contributed by atoms with Crippen LogP contribution in [0.15, 0.2) is 114 Å². The highest BCUT2D eigenvalue weighted by Crippen LogP contribution is 2.49. The maximum atomic E-state index is 4.79. The van der Waals surface area contributed by atoms with Crippen LogP contribution in [0, 0.1) is 25.7 Å². The summed E-state index contributed by atoms with van der Waals surface area (Å²) in [6.45, 7) is 8.87. The van der Waals surface area contributed by atoms with Gasteiger partial charge < -0.3 is 9.13 Å². The summed E-state index contributed by atoms with van der Waals surface area (Å²) in [4.78, 5) is 9.58. The normalized spacial score (nSPS) is 19.3. The minimum Gasteiger partial charge on any atom is -0.331 e. The van der Waals surface area contributed by atoms with Crippen molar-refractivity contribution in [3.63, 3.8) is 0 Å². The first-order valence-electron chi connectivity index (χ1n) is 17.2. The molecule has 3 unspecified atom stereocenters. The number of nitrogens with zero attached hydrogens (tertiary/aromatic N) is 4. The van der Waals surface area contributed by atoms with E-state index >= 15 is 0 Å². The lowest BCUT2D eigenvalue weighted by atomic mass is 9.70. The third-order valence-corrected chi connectivity index (χ3v) is 11.2. The molecule has 0 saturated carbocycles. The maximum absolute atomic E-state index is 4.79. The fraction of sp³-hybridized carbons (Fsp3) is 0.227. The van der Waals surface area contributed by atoms with Gasteiger partial charge in [0.15, 0.2) is 0 Å². The molecule has 3 atom stereocenters. The molecule has 7 aromatic rings. The highest BCUT2D eigenvalue weighted by molar-refractivity contribution is 6.13. The Morgan fingerprint density at radius 1 is 0.625 bits per heavy atom. The van der Waals surface area contributed by atoms with E-state index in [4.69, 9.17) is 9.97 Å². The number of fused-ring (bicyclic) bond motifs is 4. The smallest absolute Gasteiger partial charge is 0.106 e. The highest BCUT2D eigenvalue weighted by atomic mass is 15.1. The van der Waals surface area contributed by atoms with Crippen LogP contribution in [-0.2, 0) is 14.1 Å². The lowest BCUT2D eigenvalue weighted by molar-refractivity contribution is 0.593. The summed E-state index contributed by atoms with van der Waals surface area (Å²) in [5.41, 5.74) is 13.7. The third kappa shape index (κ3) is 4.28. The van der Waals surface area contributed by atoms with Crippen LogP contribution in [0.2, 0.25) is 0 Å². The van der Waals surface area contributed by atoms with E-state index in [1.165, 1.54) is 60.5 Å². The zero-order chi connectivity index (χ0) is 32.8. The zero-order valence-electron chi connectivity index (χ0n) is 28.5. The Bertz CT molecular complexity index is 2420. The second kappa shape index (κ2) is 10.6. The minimum absolute atomic E-state index is 0.259. The molecule has 48 heavy (non-hydrogen) atoms. The quantitative estimate of drug-likeness (QED) is 0.183. The summed E-state index contributed by atoms with van der Waals surface area (Å²) in [5, 5.41) is 5.25. The standard InChI is InChI=1S/C44H40N4/c1-25-13-18-34-29(21-25)15-14-26(2)43(34)44-35-11-7-9-32(30-16-19-39-41(22-30)47(5)27(3)45-39)37(35)24-38-33(10-8-12-36(38)44)31-17-20-40-42(23-31)48(6)28(4)46-40/h7-20,22-26,43H,21H2,1-6H3. The van der Waals surface area contributed by atoms with Crippen molar-refractivity contribution in [1.29, 1.82) is 0 Å². The van der Waals surface area contributed by atoms with Gasteiger partial charge in [0, 0.05) is 20.0 Å². The Labute approximate surface area is 281 Å². The number of rotatable bonds is 3. The van der Waals surface area contributed by atoms with Crippen LogP contribution in [0.4, 0.5) is 0 Å². The molecule has 0 bridgehead atoms. The molecule has 236 valence electrons. The fourth-order valence-corrected chi connectivity index (χ4v) is 8.45. The molecule has 0 fully saturated rings. The summed E-state index contributed by atoms with van der Waals surface area (Å²) in [6, 6.07) is 29.8. The van der Waals surface area contributed by atoms with Crippen LogP contribution >= 0.6 is 0 Å². The second-order valence-corrected chi connectivity index (χ2v) is 14.2. The molecule has 0 amide bonds. The van der Waals surface area contributed by atoms with E-state index in [0.717, 1.165) is 40.1 Å². The summed E-state index contributed by atoms with van der Waals surface area (Å²) >= 11 is 0. The van der Waals surface area contributed by atoms with E-state index in [9.17, 15) is 0 Å². The molecular weight excluding hydrogens is 585 g/mol. The van der Waals surface area contributed by atoms with Crippen molar-refractivity contribution < 1.29 is 0 Å². The predicted octanol–water partition coefficient (Wildman–Crippen LogP) is 10.9. The molecule has 4 heteroatoms. The van der Waals surface area contributed by atoms with Gasteiger partial charge in [0.25, 0.3) is 0 Å². The lowest BCUT2D eigenvalue weighted by Crippen LogP contribution is -2.18. The van der Waals surface area contributed by atoms with Crippen molar-refractivity contribution in [2.45, 2.75) is 40.0 Å². The molecule has 0 saturated heterocycles. The largest absolute Gasteiger partial charge is 0.331 e. The predicted molar refractivity (Wildman–Crippen MR) is 201 cm³/mol. The van der Waals surface area contributed by atoms with Crippen molar-refractivity contribution in [3.8, 4) is 22.3 Å². The van der Waals surface area contributed by atoms with Crippen molar-refractivity contribution >= 4 is 43.6 Å². The van der Waals surface area contributed by atoms with Gasteiger partial charge in [-0.3, -0.25) is 0 Å². The third-order valence-electron chi connectivity index (χ3n) is 11.2. The van der Waals surface area contributed by atoms with Crippen molar-refractivity contribution in [3.05, 3.63) is 132 Å². The summed E-state index contributed by atoms with van der Waals surface area (Å²) < 4.78 is 4.39. The van der Waals surface area contributed by atoms with Crippen LogP contribution in [0.25, 0.3) is 65.9 Å². The number of aryl methyl sites for hydroxylation is 4. The van der Waals surface area contributed by atoms with Gasteiger partial charge in [-0.25, -0.2) is 9.97 Å². The van der Waals surface area contributed by atoms with Gasteiger partial charge in [0.2, 0.25) is 0 Å². The average molecular weight is 625 g/mol. The zero-order valence-corrected chi connectivity index (χ0v) is 28.5. The van der Waals surface area contributed by atoms with Gasteiger partial charge in [-0.15, -0.1) is 0 Å².